The molecule has 0 aliphatic carbocycles. The zero-order valence-electron chi connectivity index (χ0n) is 14.2. The van der Waals surface area contributed by atoms with Crippen molar-refractivity contribution in [2.75, 3.05) is 21.3 Å². The quantitative estimate of drug-likeness (QED) is 0.778. The van der Waals surface area contributed by atoms with Gasteiger partial charge in [0, 0.05) is 25.6 Å². The molecule has 0 saturated carbocycles. The maximum absolute atomic E-state index is 12.4. The Morgan fingerprint density at radius 2 is 1.71 bits per heavy atom. The Morgan fingerprint density at radius 3 is 2.33 bits per heavy atom. The Morgan fingerprint density at radius 1 is 1.04 bits per heavy atom. The molecule has 2 bridgehead atoms. The predicted octanol–water partition coefficient (Wildman–Crippen LogP) is 1.49. The van der Waals surface area contributed by atoms with E-state index >= 15 is 0 Å². The Hall–Kier alpha value is -1.92. The Kier molecular flexibility index (Phi) is 4.87. The number of benzene rings is 1. The van der Waals surface area contributed by atoms with E-state index < -0.39 is 18.0 Å². The standard InChI is InChI=1S/C18H23NO5/c1-19-12-9-15(24-17(20)11-7-5-4-6-8-11)16(18(21)23-3)13(19)10-14(12)22-2/h4-8,12-16H,9-10H2,1-3H3/t12-,13-,14+,15+,16+/m0/s1. The smallest absolute Gasteiger partial charge is 0.338 e. The summed E-state index contributed by atoms with van der Waals surface area (Å²) in [4.78, 5) is 26.9. The molecule has 0 unspecified atom stereocenters. The van der Waals surface area contributed by atoms with Crippen molar-refractivity contribution in [3.8, 4) is 0 Å². The number of hydrogen-bond acceptors (Lipinski definition) is 6. The van der Waals surface area contributed by atoms with Crippen LogP contribution in [0.15, 0.2) is 30.3 Å². The van der Waals surface area contributed by atoms with E-state index in [-0.39, 0.29) is 24.2 Å². The molecule has 0 N–H and O–H groups in total. The second kappa shape index (κ2) is 6.91. The minimum atomic E-state index is -0.503. The van der Waals surface area contributed by atoms with Gasteiger partial charge in [-0.05, 0) is 25.6 Å². The molecule has 1 aromatic rings. The van der Waals surface area contributed by atoms with Gasteiger partial charge in [-0.25, -0.2) is 4.79 Å². The number of rotatable bonds is 4. The molecule has 5 atom stereocenters. The molecule has 1 aromatic carbocycles. The first-order chi connectivity index (χ1) is 11.6. The average molecular weight is 333 g/mol. The fourth-order valence-electron chi connectivity index (χ4n) is 4.02. The van der Waals surface area contributed by atoms with Gasteiger partial charge in [0.25, 0.3) is 0 Å². The number of carbonyl (C=O) groups is 2. The van der Waals surface area contributed by atoms with Gasteiger partial charge in [0.2, 0.25) is 0 Å². The fourth-order valence-corrected chi connectivity index (χ4v) is 4.02. The number of ether oxygens (including phenoxy) is 3. The summed E-state index contributed by atoms with van der Waals surface area (Å²) in [6, 6.07) is 8.91. The van der Waals surface area contributed by atoms with E-state index in [4.69, 9.17) is 14.2 Å². The Bertz CT molecular complexity index is 605. The highest BCUT2D eigenvalue weighted by Gasteiger charge is 2.55. The van der Waals surface area contributed by atoms with E-state index in [0.717, 1.165) is 6.42 Å². The third-order valence-corrected chi connectivity index (χ3v) is 5.28. The summed E-state index contributed by atoms with van der Waals surface area (Å²) in [6.45, 7) is 0. The number of hydrogen-bond donors (Lipinski definition) is 0. The number of esters is 2. The highest BCUT2D eigenvalue weighted by molar-refractivity contribution is 5.89. The topological polar surface area (TPSA) is 65.1 Å². The first kappa shape index (κ1) is 16.9. The van der Waals surface area contributed by atoms with Crippen LogP contribution in [0.2, 0.25) is 0 Å². The molecule has 0 radical (unpaired) electrons. The second-order valence-corrected chi connectivity index (χ2v) is 6.40. The van der Waals surface area contributed by atoms with Crippen molar-refractivity contribution >= 4 is 11.9 Å². The van der Waals surface area contributed by atoms with Crippen LogP contribution in [0, 0.1) is 5.92 Å². The molecule has 2 fully saturated rings. The first-order valence-corrected chi connectivity index (χ1v) is 8.15. The largest absolute Gasteiger partial charge is 0.469 e. The Balaban J connectivity index is 1.83. The van der Waals surface area contributed by atoms with Crippen molar-refractivity contribution in [1.29, 1.82) is 0 Å². The lowest BCUT2D eigenvalue weighted by atomic mass is 9.87. The SMILES string of the molecule is COC(=O)[C@H]1[C@H](OC(=O)c2ccccc2)C[C@H]2[C@H](OC)C[C@@H]1N2C. The monoisotopic (exact) mass is 333 g/mol. The average Bonchev–Trinajstić information content (AvgIpc) is 2.81. The van der Waals surface area contributed by atoms with Gasteiger partial charge in [-0.1, -0.05) is 18.2 Å². The van der Waals surface area contributed by atoms with Crippen LogP contribution >= 0.6 is 0 Å². The summed E-state index contributed by atoms with van der Waals surface area (Å²) in [5, 5.41) is 0. The van der Waals surface area contributed by atoms with E-state index in [1.54, 1.807) is 31.4 Å². The van der Waals surface area contributed by atoms with E-state index in [2.05, 4.69) is 4.90 Å². The molecule has 0 aromatic heterocycles. The van der Waals surface area contributed by atoms with Crippen LogP contribution in [0.25, 0.3) is 0 Å². The summed E-state index contributed by atoms with van der Waals surface area (Å²) >= 11 is 0. The van der Waals surface area contributed by atoms with Gasteiger partial charge in [0.15, 0.2) is 0 Å². The summed E-state index contributed by atoms with van der Waals surface area (Å²) in [6.07, 6.45) is 0.824. The highest BCUT2D eigenvalue weighted by atomic mass is 16.6. The Labute approximate surface area is 141 Å². The van der Waals surface area contributed by atoms with Gasteiger partial charge in [0.1, 0.15) is 12.0 Å². The molecular formula is C18H23NO5. The molecular weight excluding hydrogens is 310 g/mol. The molecule has 24 heavy (non-hydrogen) atoms. The maximum Gasteiger partial charge on any atom is 0.338 e. The second-order valence-electron chi connectivity index (χ2n) is 6.40. The number of nitrogens with zero attached hydrogens (tertiary/aromatic N) is 1. The van der Waals surface area contributed by atoms with E-state index in [9.17, 15) is 9.59 Å². The van der Waals surface area contributed by atoms with Crippen molar-refractivity contribution in [1.82, 2.24) is 4.90 Å². The lowest BCUT2D eigenvalue weighted by Gasteiger charge is -2.40. The fraction of sp³-hybridized carbons (Fsp3) is 0.556. The zero-order valence-corrected chi connectivity index (χ0v) is 14.2. The van der Waals surface area contributed by atoms with Crippen molar-refractivity contribution in [2.45, 2.75) is 37.1 Å². The lowest BCUT2D eigenvalue weighted by molar-refractivity contribution is -0.156. The highest BCUT2D eigenvalue weighted by Crippen LogP contribution is 2.41. The number of carbonyl (C=O) groups excluding carboxylic acids is 2. The third kappa shape index (κ3) is 2.91. The predicted molar refractivity (Wildman–Crippen MR) is 86.5 cm³/mol. The van der Waals surface area contributed by atoms with Crippen LogP contribution in [0.3, 0.4) is 0 Å². The van der Waals surface area contributed by atoms with Gasteiger partial charge in [-0.3, -0.25) is 9.69 Å². The summed E-state index contributed by atoms with van der Waals surface area (Å²) in [5.74, 6) is -1.25. The molecule has 130 valence electrons. The van der Waals surface area contributed by atoms with E-state index in [0.29, 0.717) is 12.0 Å². The molecule has 2 aliphatic rings. The van der Waals surface area contributed by atoms with Crippen LogP contribution in [0.1, 0.15) is 23.2 Å². The summed E-state index contributed by atoms with van der Waals surface area (Å²) in [5.41, 5.74) is 0.482. The van der Waals surface area contributed by atoms with Crippen LogP contribution in [-0.2, 0) is 19.0 Å². The van der Waals surface area contributed by atoms with Gasteiger partial charge < -0.3 is 14.2 Å². The van der Waals surface area contributed by atoms with Gasteiger partial charge in [0.05, 0.1) is 18.8 Å². The lowest BCUT2D eigenvalue weighted by Crippen LogP contribution is -2.54. The van der Waals surface area contributed by atoms with Gasteiger partial charge in [-0.2, -0.15) is 0 Å². The molecule has 0 spiro atoms. The van der Waals surface area contributed by atoms with Crippen LogP contribution in [0.5, 0.6) is 0 Å². The van der Waals surface area contributed by atoms with E-state index in [1.807, 2.05) is 13.1 Å². The van der Waals surface area contributed by atoms with Crippen LogP contribution in [0.4, 0.5) is 0 Å². The van der Waals surface area contributed by atoms with Gasteiger partial charge >= 0.3 is 11.9 Å². The molecule has 6 heteroatoms. The maximum atomic E-state index is 12.4. The number of piperidine rings is 1. The zero-order chi connectivity index (χ0) is 17.3. The molecule has 2 aliphatic heterocycles. The number of likely N-dealkylation sites (N-methyl/N-ethyl adjacent to an activating group) is 1. The summed E-state index contributed by atoms with van der Waals surface area (Å²) < 4.78 is 16.3. The minimum Gasteiger partial charge on any atom is -0.469 e. The molecule has 2 heterocycles. The molecule has 2 saturated heterocycles. The van der Waals surface area contributed by atoms with Crippen LogP contribution in [-0.4, -0.2) is 62.4 Å². The van der Waals surface area contributed by atoms with E-state index in [1.165, 1.54) is 7.11 Å². The molecule has 0 amide bonds. The summed E-state index contributed by atoms with van der Waals surface area (Å²) in [7, 11) is 5.03. The molecule has 6 nitrogen and oxygen atoms in total. The van der Waals surface area contributed by atoms with Crippen LogP contribution < -0.4 is 0 Å². The van der Waals surface area contributed by atoms with Crippen molar-refractivity contribution < 1.29 is 23.8 Å². The minimum absolute atomic E-state index is 0.0348. The van der Waals surface area contributed by atoms with Crippen molar-refractivity contribution in [2.24, 2.45) is 5.92 Å². The van der Waals surface area contributed by atoms with Crippen molar-refractivity contribution in [3.63, 3.8) is 0 Å². The first-order valence-electron chi connectivity index (χ1n) is 8.15. The number of methoxy groups -OCH3 is 2. The normalized spacial score (nSPS) is 32.4. The third-order valence-electron chi connectivity index (χ3n) is 5.28. The van der Waals surface area contributed by atoms with Gasteiger partial charge in [-0.15, -0.1) is 0 Å². The molecule has 3 rings (SSSR count). The number of fused-ring (bicyclic) bond motifs is 2. The van der Waals surface area contributed by atoms with Crippen molar-refractivity contribution in [3.05, 3.63) is 35.9 Å².